The molecule has 0 N–H and O–H groups in total. The number of benzene rings is 1. The van der Waals surface area contributed by atoms with E-state index < -0.39 is 9.05 Å². The smallest absolute Gasteiger partial charge is 0.261 e. The summed E-state index contributed by atoms with van der Waals surface area (Å²) < 4.78 is 27.9. The number of carbonyl (C=O) groups excluding carboxylic acids is 1. The molecule has 0 aliphatic heterocycles. The highest BCUT2D eigenvalue weighted by Crippen LogP contribution is 2.20. The van der Waals surface area contributed by atoms with Crippen molar-refractivity contribution < 1.29 is 17.9 Å². The fraction of sp³-hybridized carbons (Fsp3) is 0.462. The van der Waals surface area contributed by atoms with Gasteiger partial charge in [-0.1, -0.05) is 0 Å². The first-order valence-corrected chi connectivity index (χ1v) is 8.51. The van der Waals surface area contributed by atoms with Gasteiger partial charge in [0.1, 0.15) is 0 Å². The van der Waals surface area contributed by atoms with Gasteiger partial charge >= 0.3 is 0 Å². The minimum atomic E-state index is -3.89. The molecule has 1 aromatic rings. The fourth-order valence-electron chi connectivity index (χ4n) is 1.87. The van der Waals surface area contributed by atoms with Crippen molar-refractivity contribution in [3.05, 3.63) is 29.3 Å². The van der Waals surface area contributed by atoms with Crippen molar-refractivity contribution in [2.24, 2.45) is 0 Å². The maximum absolute atomic E-state index is 12.3. The van der Waals surface area contributed by atoms with Crippen molar-refractivity contribution in [1.82, 2.24) is 4.90 Å². The molecule has 0 saturated carbocycles. The molecule has 1 rings (SSSR count). The molecule has 0 aromatic heterocycles. The van der Waals surface area contributed by atoms with Gasteiger partial charge in [-0.05, 0) is 37.6 Å². The molecule has 0 atom stereocenters. The Morgan fingerprint density at radius 1 is 1.25 bits per heavy atom. The van der Waals surface area contributed by atoms with Gasteiger partial charge in [-0.25, -0.2) is 8.42 Å². The van der Waals surface area contributed by atoms with E-state index >= 15 is 0 Å². The molecule has 0 radical (unpaired) electrons. The van der Waals surface area contributed by atoms with Gasteiger partial charge in [0, 0.05) is 36.4 Å². The summed E-state index contributed by atoms with van der Waals surface area (Å²) in [6.07, 6.45) is 0. The van der Waals surface area contributed by atoms with Gasteiger partial charge < -0.3 is 9.64 Å². The maximum atomic E-state index is 12.3. The zero-order valence-corrected chi connectivity index (χ0v) is 13.3. The van der Waals surface area contributed by atoms with Crippen molar-refractivity contribution in [2.75, 3.05) is 20.2 Å². The van der Waals surface area contributed by atoms with Crippen LogP contribution in [0.4, 0.5) is 0 Å². The van der Waals surface area contributed by atoms with Crippen LogP contribution in [0.2, 0.25) is 0 Å². The van der Waals surface area contributed by atoms with E-state index in [1.165, 1.54) is 19.2 Å². The van der Waals surface area contributed by atoms with Crippen molar-refractivity contribution in [3.8, 4) is 0 Å². The number of ether oxygens (including phenoxy) is 1. The summed E-state index contributed by atoms with van der Waals surface area (Å²) in [5.41, 5.74) is 0.882. The Labute approximate surface area is 123 Å². The monoisotopic (exact) mass is 319 g/mol. The van der Waals surface area contributed by atoms with Gasteiger partial charge in [0.25, 0.3) is 15.0 Å². The topological polar surface area (TPSA) is 63.7 Å². The Balaban J connectivity index is 3.32. The SMILES string of the molecule is CCN(CC)C(=O)c1cc(COC)cc(S(=O)(=O)Cl)c1. The van der Waals surface area contributed by atoms with Crippen LogP contribution in [-0.2, 0) is 20.4 Å². The third-order valence-corrected chi connectivity index (χ3v) is 4.19. The molecule has 112 valence electrons. The van der Waals surface area contributed by atoms with Crippen LogP contribution < -0.4 is 0 Å². The molecule has 0 spiro atoms. The number of carbonyl (C=O) groups is 1. The summed E-state index contributed by atoms with van der Waals surface area (Å²) in [5.74, 6) is -0.227. The van der Waals surface area contributed by atoms with E-state index in [0.29, 0.717) is 24.2 Å². The minimum Gasteiger partial charge on any atom is -0.380 e. The quantitative estimate of drug-likeness (QED) is 0.754. The van der Waals surface area contributed by atoms with E-state index in [-0.39, 0.29) is 17.4 Å². The van der Waals surface area contributed by atoms with Crippen LogP contribution >= 0.6 is 10.7 Å². The Bertz CT molecular complexity index is 582. The van der Waals surface area contributed by atoms with Crippen LogP contribution in [0, 0.1) is 0 Å². The molecule has 0 aliphatic carbocycles. The molecule has 0 heterocycles. The first-order valence-electron chi connectivity index (χ1n) is 6.20. The second-order valence-electron chi connectivity index (χ2n) is 4.21. The van der Waals surface area contributed by atoms with E-state index in [9.17, 15) is 13.2 Å². The zero-order chi connectivity index (χ0) is 15.3. The number of amides is 1. The van der Waals surface area contributed by atoms with E-state index in [0.717, 1.165) is 0 Å². The molecule has 1 amide bonds. The molecule has 0 aliphatic rings. The van der Waals surface area contributed by atoms with Crippen molar-refractivity contribution in [3.63, 3.8) is 0 Å². The lowest BCUT2D eigenvalue weighted by Crippen LogP contribution is -2.30. The number of hydrogen-bond acceptors (Lipinski definition) is 4. The molecule has 0 bridgehead atoms. The van der Waals surface area contributed by atoms with Gasteiger partial charge in [0.05, 0.1) is 11.5 Å². The van der Waals surface area contributed by atoms with Gasteiger partial charge in [0.2, 0.25) is 0 Å². The standard InChI is InChI=1S/C13H18ClNO4S/c1-4-15(5-2)13(16)11-6-10(9-19-3)7-12(8-11)20(14,17)18/h6-8H,4-5,9H2,1-3H3. The van der Waals surface area contributed by atoms with Gasteiger partial charge in [-0.3, -0.25) is 4.79 Å². The second-order valence-corrected chi connectivity index (χ2v) is 6.78. The third kappa shape index (κ3) is 4.19. The molecule has 7 heteroatoms. The van der Waals surface area contributed by atoms with E-state index in [1.807, 2.05) is 13.8 Å². The predicted molar refractivity (Wildman–Crippen MR) is 77.4 cm³/mol. The number of hydrogen-bond donors (Lipinski definition) is 0. The highest BCUT2D eigenvalue weighted by atomic mass is 35.7. The van der Waals surface area contributed by atoms with Crippen molar-refractivity contribution in [2.45, 2.75) is 25.3 Å². The Kier molecular flexibility index (Phi) is 5.98. The summed E-state index contributed by atoms with van der Waals surface area (Å²) in [4.78, 5) is 13.8. The average Bonchev–Trinajstić information content (AvgIpc) is 2.39. The Morgan fingerprint density at radius 3 is 2.30 bits per heavy atom. The number of nitrogens with zero attached hydrogens (tertiary/aromatic N) is 1. The summed E-state index contributed by atoms with van der Waals surface area (Å²) >= 11 is 0. The molecule has 1 aromatic carbocycles. The molecule has 0 unspecified atom stereocenters. The number of rotatable bonds is 6. The van der Waals surface area contributed by atoms with Crippen LogP contribution in [0.15, 0.2) is 23.1 Å². The molecule has 5 nitrogen and oxygen atoms in total. The Hall–Kier alpha value is -1.11. The highest BCUT2D eigenvalue weighted by Gasteiger charge is 2.18. The second kappa shape index (κ2) is 7.06. The summed E-state index contributed by atoms with van der Waals surface area (Å²) in [5, 5.41) is 0. The zero-order valence-electron chi connectivity index (χ0n) is 11.7. The normalized spacial score (nSPS) is 11.4. The van der Waals surface area contributed by atoms with Gasteiger partial charge in [0.15, 0.2) is 0 Å². The average molecular weight is 320 g/mol. The first-order chi connectivity index (χ1) is 9.33. The molecule has 20 heavy (non-hydrogen) atoms. The van der Waals surface area contributed by atoms with E-state index in [1.54, 1.807) is 11.0 Å². The molecule has 0 fully saturated rings. The van der Waals surface area contributed by atoms with Crippen molar-refractivity contribution in [1.29, 1.82) is 0 Å². The fourth-order valence-corrected chi connectivity index (χ4v) is 2.70. The van der Waals surface area contributed by atoms with Gasteiger partial charge in [-0.15, -0.1) is 0 Å². The minimum absolute atomic E-state index is 0.0933. The lowest BCUT2D eigenvalue weighted by molar-refractivity contribution is 0.0772. The van der Waals surface area contributed by atoms with E-state index in [4.69, 9.17) is 15.4 Å². The van der Waals surface area contributed by atoms with Crippen LogP contribution in [0.3, 0.4) is 0 Å². The van der Waals surface area contributed by atoms with E-state index in [2.05, 4.69) is 0 Å². The number of methoxy groups -OCH3 is 1. The maximum Gasteiger partial charge on any atom is 0.261 e. The largest absolute Gasteiger partial charge is 0.380 e. The lowest BCUT2D eigenvalue weighted by atomic mass is 10.1. The lowest BCUT2D eigenvalue weighted by Gasteiger charge is -2.19. The summed E-state index contributed by atoms with van der Waals surface area (Å²) in [7, 11) is 2.96. The highest BCUT2D eigenvalue weighted by molar-refractivity contribution is 8.13. The predicted octanol–water partition coefficient (Wildman–Crippen LogP) is 2.24. The van der Waals surface area contributed by atoms with Crippen LogP contribution in [0.25, 0.3) is 0 Å². The summed E-state index contributed by atoms with van der Waals surface area (Å²) in [6, 6.07) is 4.32. The first kappa shape index (κ1) is 16.9. The summed E-state index contributed by atoms with van der Waals surface area (Å²) in [6.45, 7) is 5.03. The van der Waals surface area contributed by atoms with Crippen LogP contribution in [0.5, 0.6) is 0 Å². The van der Waals surface area contributed by atoms with Crippen molar-refractivity contribution >= 4 is 25.6 Å². The van der Waals surface area contributed by atoms with Crippen LogP contribution in [0.1, 0.15) is 29.8 Å². The molecular weight excluding hydrogens is 302 g/mol. The third-order valence-electron chi connectivity index (χ3n) is 2.86. The number of halogens is 1. The van der Waals surface area contributed by atoms with Crippen LogP contribution in [-0.4, -0.2) is 39.4 Å². The molecular formula is C13H18ClNO4S. The van der Waals surface area contributed by atoms with Gasteiger partial charge in [-0.2, -0.15) is 0 Å². The molecule has 0 saturated heterocycles. The Morgan fingerprint density at radius 2 is 1.85 bits per heavy atom.